The van der Waals surface area contributed by atoms with Crippen molar-refractivity contribution in [3.05, 3.63) is 108 Å². The number of aryl methyl sites for hydroxylation is 1. The molecular formula is C32H29NO5. The standard InChI is InChI=1S/C32H29NO5/c1-22-28-17-27(35-19-23-8-4-2-5-9-23)13-14-29(28)33(18-25(34)20-36-26-10-6-3-7-11-26)32(22)24-12-15-30-31(16-24)38-21-37-30/h2-17,25,34H,18-21H2,1H3. The SMILES string of the molecule is Cc1c(-c2ccc3c(c2)OCO3)n(CC(O)COc2ccccc2)c2ccc(OCc3ccccc3)cc12. The number of benzene rings is 4. The van der Waals surface area contributed by atoms with Gasteiger partial charge in [-0.05, 0) is 66.6 Å². The number of fused-ring (bicyclic) bond motifs is 2. The van der Waals surface area contributed by atoms with Crippen molar-refractivity contribution >= 4 is 10.9 Å². The molecule has 0 bridgehead atoms. The minimum absolute atomic E-state index is 0.182. The summed E-state index contributed by atoms with van der Waals surface area (Å²) in [4.78, 5) is 0. The quantitative estimate of drug-likeness (QED) is 0.251. The molecule has 1 atom stereocenters. The van der Waals surface area contributed by atoms with E-state index in [-0.39, 0.29) is 13.4 Å². The van der Waals surface area contributed by atoms with E-state index >= 15 is 0 Å². The topological polar surface area (TPSA) is 62.1 Å². The van der Waals surface area contributed by atoms with Crippen molar-refractivity contribution in [1.82, 2.24) is 4.57 Å². The molecule has 6 nitrogen and oxygen atoms in total. The van der Waals surface area contributed by atoms with Crippen LogP contribution in [0.5, 0.6) is 23.0 Å². The minimum Gasteiger partial charge on any atom is -0.491 e. The Morgan fingerprint density at radius 1 is 0.816 bits per heavy atom. The van der Waals surface area contributed by atoms with Crippen molar-refractivity contribution < 1.29 is 24.1 Å². The molecule has 2 heterocycles. The summed E-state index contributed by atoms with van der Waals surface area (Å²) in [5.74, 6) is 2.99. The molecular weight excluding hydrogens is 478 g/mol. The van der Waals surface area contributed by atoms with E-state index in [1.54, 1.807) is 0 Å². The van der Waals surface area contributed by atoms with Crippen molar-refractivity contribution in [3.63, 3.8) is 0 Å². The van der Waals surface area contributed by atoms with Gasteiger partial charge in [0.1, 0.15) is 30.8 Å². The Morgan fingerprint density at radius 3 is 2.39 bits per heavy atom. The molecule has 192 valence electrons. The molecule has 38 heavy (non-hydrogen) atoms. The zero-order chi connectivity index (χ0) is 25.9. The van der Waals surface area contributed by atoms with Gasteiger partial charge in [0.2, 0.25) is 6.79 Å². The number of rotatable bonds is 9. The largest absolute Gasteiger partial charge is 0.491 e. The van der Waals surface area contributed by atoms with Crippen LogP contribution in [-0.2, 0) is 13.2 Å². The highest BCUT2D eigenvalue weighted by molar-refractivity contribution is 5.93. The lowest BCUT2D eigenvalue weighted by atomic mass is 10.1. The van der Waals surface area contributed by atoms with Crippen LogP contribution in [0.4, 0.5) is 0 Å². The van der Waals surface area contributed by atoms with Crippen LogP contribution in [0.3, 0.4) is 0 Å². The van der Waals surface area contributed by atoms with Crippen LogP contribution in [0.2, 0.25) is 0 Å². The van der Waals surface area contributed by atoms with Gasteiger partial charge in [0.05, 0.1) is 12.2 Å². The van der Waals surface area contributed by atoms with Crippen LogP contribution in [-0.4, -0.2) is 29.2 Å². The fraction of sp³-hybridized carbons (Fsp3) is 0.188. The van der Waals surface area contributed by atoms with Crippen LogP contribution in [0, 0.1) is 6.92 Å². The second kappa shape index (κ2) is 10.5. The number of nitrogens with zero attached hydrogens (tertiary/aromatic N) is 1. The van der Waals surface area contributed by atoms with E-state index in [9.17, 15) is 5.11 Å². The zero-order valence-corrected chi connectivity index (χ0v) is 21.2. The van der Waals surface area contributed by atoms with Gasteiger partial charge in [-0.25, -0.2) is 0 Å². The first-order valence-electron chi connectivity index (χ1n) is 12.7. The maximum absolute atomic E-state index is 11.0. The van der Waals surface area contributed by atoms with E-state index in [1.165, 1.54) is 0 Å². The molecule has 1 unspecified atom stereocenters. The Morgan fingerprint density at radius 2 is 1.58 bits per heavy atom. The number of aliphatic hydroxyl groups excluding tert-OH is 1. The second-order valence-electron chi connectivity index (χ2n) is 9.38. The first kappa shape index (κ1) is 23.9. The summed E-state index contributed by atoms with van der Waals surface area (Å²) >= 11 is 0. The van der Waals surface area contributed by atoms with Gasteiger partial charge in [-0.1, -0.05) is 48.5 Å². The summed E-state index contributed by atoms with van der Waals surface area (Å²) in [7, 11) is 0. The van der Waals surface area contributed by atoms with Gasteiger partial charge >= 0.3 is 0 Å². The van der Waals surface area contributed by atoms with Crippen LogP contribution >= 0.6 is 0 Å². The molecule has 0 aliphatic carbocycles. The number of para-hydroxylation sites is 1. The molecule has 0 spiro atoms. The fourth-order valence-electron chi connectivity index (χ4n) is 4.91. The maximum Gasteiger partial charge on any atom is 0.231 e. The van der Waals surface area contributed by atoms with E-state index in [1.807, 2.05) is 72.8 Å². The first-order chi connectivity index (χ1) is 18.7. The zero-order valence-electron chi connectivity index (χ0n) is 21.2. The Balaban J connectivity index is 1.34. The van der Waals surface area contributed by atoms with E-state index in [4.69, 9.17) is 18.9 Å². The summed E-state index contributed by atoms with van der Waals surface area (Å²) in [6, 6.07) is 31.8. The number of ether oxygens (including phenoxy) is 4. The first-order valence-corrected chi connectivity index (χ1v) is 12.7. The molecule has 1 aromatic heterocycles. The molecule has 0 radical (unpaired) electrons. The van der Waals surface area contributed by atoms with Gasteiger partial charge in [-0.3, -0.25) is 0 Å². The predicted molar refractivity (Wildman–Crippen MR) is 147 cm³/mol. The number of hydrogen-bond donors (Lipinski definition) is 1. The average molecular weight is 508 g/mol. The molecule has 6 rings (SSSR count). The second-order valence-corrected chi connectivity index (χ2v) is 9.38. The molecule has 1 aliphatic rings. The summed E-state index contributed by atoms with van der Waals surface area (Å²) in [5, 5.41) is 12.1. The normalized spacial score (nSPS) is 13.0. The monoisotopic (exact) mass is 507 g/mol. The summed E-state index contributed by atoms with van der Waals surface area (Å²) in [6.07, 6.45) is -0.716. The molecule has 5 aromatic rings. The van der Waals surface area contributed by atoms with Crippen molar-refractivity contribution in [3.8, 4) is 34.3 Å². The van der Waals surface area contributed by atoms with E-state index in [2.05, 4.69) is 35.8 Å². The Labute approximate surface area is 221 Å². The molecule has 0 fully saturated rings. The van der Waals surface area contributed by atoms with Gasteiger partial charge in [0, 0.05) is 16.5 Å². The van der Waals surface area contributed by atoms with Gasteiger partial charge in [-0.2, -0.15) is 0 Å². The van der Waals surface area contributed by atoms with E-state index in [0.29, 0.717) is 13.2 Å². The van der Waals surface area contributed by atoms with E-state index < -0.39 is 6.10 Å². The molecule has 4 aromatic carbocycles. The highest BCUT2D eigenvalue weighted by Gasteiger charge is 2.22. The lowest BCUT2D eigenvalue weighted by Crippen LogP contribution is -2.24. The smallest absolute Gasteiger partial charge is 0.231 e. The van der Waals surface area contributed by atoms with Crippen molar-refractivity contribution in [2.24, 2.45) is 0 Å². The number of hydrogen-bond acceptors (Lipinski definition) is 5. The number of aliphatic hydroxyl groups is 1. The van der Waals surface area contributed by atoms with Crippen molar-refractivity contribution in [2.45, 2.75) is 26.2 Å². The molecule has 1 aliphatic heterocycles. The fourth-order valence-corrected chi connectivity index (χ4v) is 4.91. The van der Waals surface area contributed by atoms with Gasteiger partial charge < -0.3 is 28.6 Å². The lowest BCUT2D eigenvalue weighted by Gasteiger charge is -2.17. The number of aromatic nitrogens is 1. The third-order valence-electron chi connectivity index (χ3n) is 6.76. The third kappa shape index (κ3) is 4.91. The van der Waals surface area contributed by atoms with Crippen molar-refractivity contribution in [2.75, 3.05) is 13.4 Å². The Hall–Kier alpha value is -4.42. The molecule has 0 saturated heterocycles. The maximum atomic E-state index is 11.0. The molecule has 6 heteroatoms. The Kier molecular flexibility index (Phi) is 6.63. The van der Waals surface area contributed by atoms with Gasteiger partial charge in [0.25, 0.3) is 0 Å². The average Bonchev–Trinajstić information content (AvgIpc) is 3.53. The van der Waals surface area contributed by atoms with Gasteiger partial charge in [-0.15, -0.1) is 0 Å². The lowest BCUT2D eigenvalue weighted by molar-refractivity contribution is 0.0939. The van der Waals surface area contributed by atoms with Crippen LogP contribution in [0.15, 0.2) is 97.1 Å². The highest BCUT2D eigenvalue weighted by atomic mass is 16.7. The van der Waals surface area contributed by atoms with Crippen LogP contribution < -0.4 is 18.9 Å². The summed E-state index contributed by atoms with van der Waals surface area (Å²) in [5.41, 5.74) is 5.23. The minimum atomic E-state index is -0.716. The van der Waals surface area contributed by atoms with E-state index in [0.717, 1.165) is 56.3 Å². The van der Waals surface area contributed by atoms with Crippen molar-refractivity contribution in [1.29, 1.82) is 0 Å². The molecule has 1 N–H and O–H groups in total. The predicted octanol–water partition coefficient (Wildman–Crippen LogP) is 6.36. The third-order valence-corrected chi connectivity index (χ3v) is 6.76. The molecule has 0 amide bonds. The van der Waals surface area contributed by atoms with Crippen LogP contribution in [0.1, 0.15) is 11.1 Å². The highest BCUT2D eigenvalue weighted by Crippen LogP contribution is 2.40. The van der Waals surface area contributed by atoms with Gasteiger partial charge in [0.15, 0.2) is 11.5 Å². The summed E-state index contributed by atoms with van der Waals surface area (Å²) in [6.45, 7) is 3.37. The molecule has 0 saturated carbocycles. The van der Waals surface area contributed by atoms with Crippen LogP contribution in [0.25, 0.3) is 22.2 Å². The summed E-state index contributed by atoms with van der Waals surface area (Å²) < 4.78 is 25.3. The Bertz CT molecular complexity index is 1550.